The maximum absolute atomic E-state index is 12.3. The van der Waals surface area contributed by atoms with Crippen molar-refractivity contribution in [2.75, 3.05) is 23.4 Å². The van der Waals surface area contributed by atoms with Gasteiger partial charge in [0.1, 0.15) is 17.9 Å². The summed E-state index contributed by atoms with van der Waals surface area (Å²) in [4.78, 5) is 30.0. The summed E-state index contributed by atoms with van der Waals surface area (Å²) in [6.07, 6.45) is 1.47. The van der Waals surface area contributed by atoms with Crippen LogP contribution in [0.15, 0.2) is 24.5 Å². The number of hydrogen-bond donors (Lipinski definition) is 2. The molecule has 9 nitrogen and oxygen atoms in total. The highest BCUT2D eigenvalue weighted by Crippen LogP contribution is 2.34. The number of hydrogen-bond acceptors (Lipinski definition) is 5. The van der Waals surface area contributed by atoms with Gasteiger partial charge < -0.3 is 20.3 Å². The summed E-state index contributed by atoms with van der Waals surface area (Å²) >= 11 is 0. The average molecular weight is 358 g/mol. The first-order valence-electron chi connectivity index (χ1n) is 8.55. The lowest BCUT2D eigenvalue weighted by molar-refractivity contribution is -0.121. The predicted molar refractivity (Wildman–Crippen MR) is 96.2 cm³/mol. The van der Waals surface area contributed by atoms with Gasteiger partial charge in [0.15, 0.2) is 6.61 Å². The van der Waals surface area contributed by atoms with Crippen molar-refractivity contribution in [2.24, 2.45) is 0 Å². The molecule has 0 spiro atoms. The van der Waals surface area contributed by atoms with Gasteiger partial charge in [-0.3, -0.25) is 4.79 Å². The lowest BCUT2D eigenvalue weighted by Crippen LogP contribution is -2.38. The van der Waals surface area contributed by atoms with E-state index >= 15 is 0 Å². The second-order valence-corrected chi connectivity index (χ2v) is 5.86. The van der Waals surface area contributed by atoms with Crippen molar-refractivity contribution in [1.29, 1.82) is 0 Å². The number of ether oxygens (including phenoxy) is 1. The summed E-state index contributed by atoms with van der Waals surface area (Å²) in [7, 11) is 0. The van der Waals surface area contributed by atoms with Crippen molar-refractivity contribution in [3.8, 4) is 5.75 Å². The Labute approximate surface area is 151 Å². The molecule has 2 aromatic rings. The van der Waals surface area contributed by atoms with E-state index in [0.717, 1.165) is 0 Å². The van der Waals surface area contributed by atoms with Crippen molar-refractivity contribution in [3.63, 3.8) is 0 Å². The molecule has 3 rings (SSSR count). The number of amides is 3. The van der Waals surface area contributed by atoms with Gasteiger partial charge in [-0.25, -0.2) is 14.5 Å². The summed E-state index contributed by atoms with van der Waals surface area (Å²) in [5.74, 6) is 1.18. The standard InChI is InChI=1S/C17H22N6O3/c1-4-22-13-7-6-12(8-14(13)26-9-15(22)24)21-17(25)20-11(3)16-18-10-19-23(16)5-2/h6-8,10-11H,4-5,9H2,1-3H3,(H2,20,21,25)/t11-/m1/s1. The van der Waals surface area contributed by atoms with Crippen LogP contribution >= 0.6 is 0 Å². The lowest BCUT2D eigenvalue weighted by atomic mass is 10.2. The van der Waals surface area contributed by atoms with Gasteiger partial charge in [0, 0.05) is 24.8 Å². The van der Waals surface area contributed by atoms with Gasteiger partial charge in [0.05, 0.1) is 11.7 Å². The molecule has 0 aliphatic carbocycles. The van der Waals surface area contributed by atoms with Crippen LogP contribution in [-0.2, 0) is 11.3 Å². The van der Waals surface area contributed by atoms with E-state index in [1.807, 2.05) is 20.8 Å². The van der Waals surface area contributed by atoms with E-state index in [-0.39, 0.29) is 24.6 Å². The number of nitrogens with zero attached hydrogens (tertiary/aromatic N) is 4. The van der Waals surface area contributed by atoms with E-state index in [9.17, 15) is 9.59 Å². The van der Waals surface area contributed by atoms with Crippen molar-refractivity contribution < 1.29 is 14.3 Å². The molecule has 0 fully saturated rings. The second-order valence-electron chi connectivity index (χ2n) is 5.86. The third-order valence-corrected chi connectivity index (χ3v) is 4.16. The first kappa shape index (κ1) is 17.7. The van der Waals surface area contributed by atoms with Crippen molar-refractivity contribution >= 4 is 23.3 Å². The van der Waals surface area contributed by atoms with E-state index in [1.165, 1.54) is 6.33 Å². The summed E-state index contributed by atoms with van der Waals surface area (Å²) in [6.45, 7) is 6.96. The molecule has 26 heavy (non-hydrogen) atoms. The Morgan fingerprint density at radius 3 is 2.88 bits per heavy atom. The normalized spacial score (nSPS) is 14.4. The molecule has 2 heterocycles. The third-order valence-electron chi connectivity index (χ3n) is 4.16. The van der Waals surface area contributed by atoms with E-state index in [4.69, 9.17) is 4.74 Å². The molecule has 1 aliphatic heterocycles. The Morgan fingerprint density at radius 1 is 1.35 bits per heavy atom. The number of aryl methyl sites for hydroxylation is 1. The molecule has 1 aromatic carbocycles. The molecule has 9 heteroatoms. The minimum Gasteiger partial charge on any atom is -0.481 e. The smallest absolute Gasteiger partial charge is 0.319 e. The van der Waals surface area contributed by atoms with Crippen LogP contribution in [0, 0.1) is 0 Å². The van der Waals surface area contributed by atoms with E-state index < -0.39 is 0 Å². The van der Waals surface area contributed by atoms with Crippen molar-refractivity contribution in [1.82, 2.24) is 20.1 Å². The maximum atomic E-state index is 12.3. The fourth-order valence-corrected chi connectivity index (χ4v) is 2.91. The number of carbonyl (C=O) groups excluding carboxylic acids is 2. The van der Waals surface area contributed by atoms with Gasteiger partial charge in [0.2, 0.25) is 0 Å². The van der Waals surface area contributed by atoms with E-state index in [1.54, 1.807) is 27.8 Å². The van der Waals surface area contributed by atoms with Crippen molar-refractivity contribution in [3.05, 3.63) is 30.4 Å². The van der Waals surface area contributed by atoms with Crippen molar-refractivity contribution in [2.45, 2.75) is 33.4 Å². The van der Waals surface area contributed by atoms with Gasteiger partial charge in [-0.05, 0) is 32.9 Å². The fraction of sp³-hybridized carbons (Fsp3) is 0.412. The van der Waals surface area contributed by atoms with Crippen LogP contribution in [0.2, 0.25) is 0 Å². The molecule has 0 radical (unpaired) electrons. The molecule has 3 amide bonds. The van der Waals surface area contributed by atoms with Crippen LogP contribution in [0.3, 0.4) is 0 Å². The van der Waals surface area contributed by atoms with Crippen LogP contribution in [0.4, 0.5) is 16.2 Å². The Bertz CT molecular complexity index is 819. The number of urea groups is 1. The van der Waals surface area contributed by atoms with Crippen LogP contribution in [0.5, 0.6) is 5.75 Å². The SMILES string of the molecule is CCN1C(=O)COc2cc(NC(=O)N[C@H](C)c3ncnn3CC)ccc21. The number of fused-ring (bicyclic) bond motifs is 1. The Hall–Kier alpha value is -3.10. The highest BCUT2D eigenvalue weighted by atomic mass is 16.5. The molecule has 0 bridgehead atoms. The topological polar surface area (TPSA) is 101 Å². The molecule has 1 aromatic heterocycles. The zero-order valence-corrected chi connectivity index (χ0v) is 15.0. The highest BCUT2D eigenvalue weighted by Gasteiger charge is 2.24. The zero-order chi connectivity index (χ0) is 18.7. The second kappa shape index (κ2) is 7.42. The monoisotopic (exact) mass is 358 g/mol. The number of benzene rings is 1. The molecule has 0 saturated carbocycles. The van der Waals surface area contributed by atoms with Gasteiger partial charge >= 0.3 is 6.03 Å². The fourth-order valence-electron chi connectivity index (χ4n) is 2.91. The summed E-state index contributed by atoms with van der Waals surface area (Å²) in [5.41, 5.74) is 1.29. The summed E-state index contributed by atoms with van der Waals surface area (Å²) in [6, 6.07) is 4.57. The van der Waals surface area contributed by atoms with Crippen LogP contribution < -0.4 is 20.3 Å². The predicted octanol–water partition coefficient (Wildman–Crippen LogP) is 1.93. The quantitative estimate of drug-likeness (QED) is 0.850. The third kappa shape index (κ3) is 3.46. The number of anilines is 2. The van der Waals surface area contributed by atoms with Crippen LogP contribution in [0.25, 0.3) is 0 Å². The number of likely N-dealkylation sites (N-methyl/N-ethyl adjacent to an activating group) is 1. The zero-order valence-electron chi connectivity index (χ0n) is 15.0. The number of carbonyl (C=O) groups is 2. The van der Waals surface area contributed by atoms with Gasteiger partial charge in [0.25, 0.3) is 5.91 Å². The lowest BCUT2D eigenvalue weighted by Gasteiger charge is -2.28. The molecular formula is C17H22N6O3. The van der Waals surface area contributed by atoms with E-state index in [2.05, 4.69) is 20.7 Å². The van der Waals surface area contributed by atoms with Gasteiger partial charge in [-0.15, -0.1) is 0 Å². The van der Waals surface area contributed by atoms with Crippen LogP contribution in [-0.4, -0.2) is 39.9 Å². The summed E-state index contributed by atoms with van der Waals surface area (Å²) < 4.78 is 7.21. The first-order chi connectivity index (χ1) is 12.5. The number of aromatic nitrogens is 3. The molecule has 1 atom stereocenters. The van der Waals surface area contributed by atoms with Crippen LogP contribution in [0.1, 0.15) is 32.6 Å². The Morgan fingerprint density at radius 2 is 2.15 bits per heavy atom. The minimum absolute atomic E-state index is 0.000199. The average Bonchev–Trinajstić information content (AvgIpc) is 3.10. The molecule has 1 aliphatic rings. The van der Waals surface area contributed by atoms with Gasteiger partial charge in [-0.2, -0.15) is 5.10 Å². The minimum atomic E-state index is -0.359. The number of nitrogens with one attached hydrogen (secondary N) is 2. The molecule has 0 unspecified atom stereocenters. The first-order valence-corrected chi connectivity index (χ1v) is 8.55. The molecule has 0 saturated heterocycles. The summed E-state index contributed by atoms with van der Waals surface area (Å²) in [5, 5.41) is 9.71. The maximum Gasteiger partial charge on any atom is 0.319 e. The largest absolute Gasteiger partial charge is 0.481 e. The Balaban J connectivity index is 1.67. The van der Waals surface area contributed by atoms with Gasteiger partial charge in [-0.1, -0.05) is 0 Å². The number of rotatable bonds is 5. The van der Waals surface area contributed by atoms with E-state index in [0.29, 0.717) is 36.0 Å². The molecule has 138 valence electrons. The molecule has 2 N–H and O–H groups in total. The highest BCUT2D eigenvalue weighted by molar-refractivity contribution is 5.98. The molecular weight excluding hydrogens is 336 g/mol. The Kier molecular flexibility index (Phi) is 5.06.